The lowest BCUT2D eigenvalue weighted by Gasteiger charge is -2.21. The van der Waals surface area contributed by atoms with Crippen molar-refractivity contribution in [1.82, 2.24) is 37.9 Å². The molecule has 0 atom stereocenters. The number of nitrogens with zero attached hydrogens (tertiary/aromatic N) is 7. The lowest BCUT2D eigenvalue weighted by Crippen LogP contribution is -2.33. The molecule has 0 bridgehead atoms. The lowest BCUT2D eigenvalue weighted by molar-refractivity contribution is -0.142. The summed E-state index contributed by atoms with van der Waals surface area (Å²) in [6.07, 6.45) is 11.4. The van der Waals surface area contributed by atoms with E-state index >= 15 is 0 Å². The number of benzene rings is 4. The first-order valence-corrected chi connectivity index (χ1v) is 29.3. The van der Waals surface area contributed by atoms with Crippen molar-refractivity contribution < 1.29 is 50.5 Å². The van der Waals surface area contributed by atoms with Crippen LogP contribution in [-0.2, 0) is 78.1 Å². The number of imidazole rings is 2. The molecule has 0 fully saturated rings. The third-order valence-electron chi connectivity index (χ3n) is 13.8. The van der Waals surface area contributed by atoms with Crippen molar-refractivity contribution in [3.63, 3.8) is 0 Å². The van der Waals surface area contributed by atoms with Gasteiger partial charge in [-0.3, -0.25) is 4.79 Å². The van der Waals surface area contributed by atoms with Gasteiger partial charge in [0.15, 0.2) is 0 Å². The number of amides is 1. The van der Waals surface area contributed by atoms with Crippen molar-refractivity contribution in [2.45, 2.75) is 102 Å². The van der Waals surface area contributed by atoms with Crippen LogP contribution in [0.25, 0.3) is 22.5 Å². The predicted octanol–water partition coefficient (Wildman–Crippen LogP) is 7.87. The van der Waals surface area contributed by atoms with Crippen LogP contribution >= 0.6 is 12.4 Å². The van der Waals surface area contributed by atoms with Gasteiger partial charge in [0.25, 0.3) is 0 Å². The molecule has 4 heterocycles. The second kappa shape index (κ2) is 30.0. The van der Waals surface area contributed by atoms with E-state index in [1.165, 1.54) is 68.1 Å². The van der Waals surface area contributed by atoms with Crippen LogP contribution in [-0.4, -0.2) is 148 Å². The number of rotatable bonds is 22. The van der Waals surface area contributed by atoms with Crippen LogP contribution in [0.15, 0.2) is 95.0 Å². The quantitative estimate of drug-likeness (QED) is 0.0619. The number of halogens is 1. The Morgan fingerprint density at radius 3 is 1.40 bits per heavy atom. The fourth-order valence-corrected chi connectivity index (χ4v) is 12.6. The summed E-state index contributed by atoms with van der Waals surface area (Å²) in [4.78, 5) is 34.6. The Morgan fingerprint density at radius 1 is 0.625 bits per heavy atom. The van der Waals surface area contributed by atoms with E-state index in [1.54, 1.807) is 71.0 Å². The van der Waals surface area contributed by atoms with Crippen molar-refractivity contribution in [2.24, 2.45) is 0 Å². The number of carboxylic acids is 1. The number of aryl methyl sites for hydroxylation is 8. The average Bonchev–Trinajstić information content (AvgIpc) is 4.15. The van der Waals surface area contributed by atoms with E-state index in [9.17, 15) is 26.4 Å². The van der Waals surface area contributed by atoms with E-state index in [2.05, 4.69) is 51.1 Å². The summed E-state index contributed by atoms with van der Waals surface area (Å²) in [5, 5.41) is 11.6. The molecule has 80 heavy (non-hydrogen) atoms. The molecule has 0 unspecified atom stereocenters. The second-order valence-electron chi connectivity index (χ2n) is 19.9. The Morgan fingerprint density at radius 2 is 1.02 bits per heavy atom. The standard InChI is InChI=1S/C29H38N4O5S.C15H19N3.C14H21NO6S.ClH/c1-21-16-25(37-5)17-22(2)29(21)39(35,36)32(4)14-15-38-20-28(34)31(3)18-23-9-11-24(12-10-23)26-19-33-13-7-6-8-27(33)30-26;1-16-10-12-5-7-13(8-6-12)14-11-18-9-3-2-4-15(18)17-14;1-10-7-12(20-4)8-11(2)14(10)22(18,19)15(3)5-6-21-9-13(16)17;/h9-12,16-17,19H,6-8,13-15,18,20H2,1-5H3;5-8,11,16H,2-4,9-10H2,1H3;7-8H,5-6,9H2,1-4H3,(H,16,17);1H. The number of aromatic nitrogens is 4. The molecule has 1 amide bonds. The van der Waals surface area contributed by atoms with E-state index < -0.39 is 32.6 Å². The number of hydrogen-bond acceptors (Lipinski definition) is 13. The maximum Gasteiger partial charge on any atom is 0.329 e. The third-order valence-corrected chi connectivity index (χ3v) is 18.1. The fourth-order valence-electron chi connectivity index (χ4n) is 9.48. The minimum absolute atomic E-state index is 0. The van der Waals surface area contributed by atoms with Crippen LogP contribution in [0.4, 0.5) is 0 Å². The van der Waals surface area contributed by atoms with Crippen molar-refractivity contribution in [3.05, 3.63) is 130 Å². The summed E-state index contributed by atoms with van der Waals surface area (Å²) in [5.41, 5.74) is 9.13. The summed E-state index contributed by atoms with van der Waals surface area (Å²) in [6, 6.07) is 23.5. The molecule has 2 aromatic heterocycles. The third kappa shape index (κ3) is 17.2. The van der Waals surface area contributed by atoms with Crippen LogP contribution in [0.1, 0.15) is 70.7 Å². The number of aliphatic carboxylic acids is 1. The summed E-state index contributed by atoms with van der Waals surface area (Å²) < 4.78 is 79.2. The topological polar surface area (TPSA) is 217 Å². The Kier molecular flexibility index (Phi) is 24.3. The summed E-state index contributed by atoms with van der Waals surface area (Å²) >= 11 is 0. The zero-order valence-corrected chi connectivity index (χ0v) is 50.2. The summed E-state index contributed by atoms with van der Waals surface area (Å²) in [5.74, 6) is 2.35. The Labute approximate surface area is 478 Å². The van der Waals surface area contributed by atoms with E-state index in [0.717, 1.165) is 65.1 Å². The molecular formula is C58H79ClN8O11S2. The summed E-state index contributed by atoms with van der Waals surface area (Å²) in [6.45, 7) is 10.2. The van der Waals surface area contributed by atoms with Gasteiger partial charge in [-0.1, -0.05) is 48.5 Å². The molecule has 2 aliphatic rings. The number of carboxylic acid groups (broad SMARTS) is 1. The molecule has 0 aliphatic carbocycles. The Bertz CT molecular complexity index is 3150. The van der Waals surface area contributed by atoms with Gasteiger partial charge in [0, 0.05) is 96.8 Å². The van der Waals surface area contributed by atoms with Crippen molar-refractivity contribution in [3.8, 4) is 34.0 Å². The average molecular weight is 1160 g/mol. The maximum absolute atomic E-state index is 13.1. The molecule has 6 aromatic rings. The van der Waals surface area contributed by atoms with Crippen LogP contribution in [0.5, 0.6) is 11.5 Å². The van der Waals surface area contributed by atoms with Crippen molar-refractivity contribution >= 4 is 44.3 Å². The molecule has 2 aliphatic heterocycles. The minimum atomic E-state index is -3.71. The summed E-state index contributed by atoms with van der Waals surface area (Å²) in [7, 11) is 2.33. The van der Waals surface area contributed by atoms with E-state index in [0.29, 0.717) is 40.3 Å². The maximum atomic E-state index is 13.1. The number of hydrogen-bond donors (Lipinski definition) is 2. The number of likely N-dealkylation sites (N-methyl/N-ethyl adjacent to an activating group) is 3. The number of carbonyl (C=O) groups is 2. The van der Waals surface area contributed by atoms with Gasteiger partial charge in [0.2, 0.25) is 26.0 Å². The van der Waals surface area contributed by atoms with Crippen LogP contribution in [0, 0.1) is 27.7 Å². The van der Waals surface area contributed by atoms with Gasteiger partial charge in [-0.15, -0.1) is 12.4 Å². The molecule has 0 spiro atoms. The molecule has 2 N–H and O–H groups in total. The van der Waals surface area contributed by atoms with Gasteiger partial charge >= 0.3 is 5.97 Å². The zero-order valence-electron chi connectivity index (χ0n) is 47.8. The SMILES string of the molecule is CNCc1ccc(-c2cn3c(n2)CCCC3)cc1.COc1cc(C)c(S(=O)(=O)N(C)CCOCC(=O)N(C)Cc2ccc(-c3cn4c(n3)CCCC4)cc2)c(C)c1.COc1cc(C)c(S(=O)(=O)N(C)CCOCC(=O)O)c(C)c1.Cl. The minimum Gasteiger partial charge on any atom is -0.497 e. The first-order chi connectivity index (χ1) is 37.7. The fraction of sp³-hybridized carbons (Fsp3) is 0.448. The highest BCUT2D eigenvalue weighted by Crippen LogP contribution is 2.30. The van der Waals surface area contributed by atoms with Crippen LogP contribution in [0.3, 0.4) is 0 Å². The van der Waals surface area contributed by atoms with E-state index in [-0.39, 0.29) is 61.0 Å². The Hall–Kier alpha value is -6.17. The van der Waals surface area contributed by atoms with Gasteiger partial charge in [-0.05, 0) is 118 Å². The van der Waals surface area contributed by atoms with Crippen molar-refractivity contribution in [2.75, 3.05) is 81.9 Å². The van der Waals surface area contributed by atoms with Gasteiger partial charge in [-0.2, -0.15) is 8.61 Å². The molecule has 0 saturated heterocycles. The van der Waals surface area contributed by atoms with Gasteiger partial charge in [0.05, 0.1) is 48.6 Å². The number of carbonyl (C=O) groups excluding carboxylic acids is 1. The van der Waals surface area contributed by atoms with E-state index in [1.807, 2.05) is 31.3 Å². The second-order valence-corrected chi connectivity index (χ2v) is 23.9. The van der Waals surface area contributed by atoms with Gasteiger partial charge in [0.1, 0.15) is 36.4 Å². The number of ether oxygens (including phenoxy) is 4. The molecule has 4 aromatic carbocycles. The molecule has 0 radical (unpaired) electrons. The van der Waals surface area contributed by atoms with Crippen molar-refractivity contribution in [1.29, 1.82) is 0 Å². The molecule has 22 heteroatoms. The molecular weight excluding hydrogens is 1080 g/mol. The highest BCUT2D eigenvalue weighted by Gasteiger charge is 2.27. The van der Waals surface area contributed by atoms with Gasteiger partial charge < -0.3 is 43.4 Å². The van der Waals surface area contributed by atoms with E-state index in [4.69, 9.17) is 34.0 Å². The lowest BCUT2D eigenvalue weighted by atomic mass is 10.1. The zero-order chi connectivity index (χ0) is 57.4. The first-order valence-electron chi connectivity index (χ1n) is 26.5. The Balaban J connectivity index is 0.000000242. The van der Waals surface area contributed by atoms with Crippen LogP contribution < -0.4 is 14.8 Å². The molecule has 0 saturated carbocycles. The highest BCUT2D eigenvalue weighted by atomic mass is 35.5. The molecule has 19 nitrogen and oxygen atoms in total. The normalized spacial score (nSPS) is 13.0. The largest absolute Gasteiger partial charge is 0.497 e. The number of nitrogens with one attached hydrogen (secondary N) is 1. The number of methoxy groups -OCH3 is 2. The molecule has 8 rings (SSSR count). The first kappa shape index (κ1) is 64.6. The number of fused-ring (bicyclic) bond motifs is 2. The highest BCUT2D eigenvalue weighted by molar-refractivity contribution is 7.89. The number of sulfonamides is 2. The van der Waals surface area contributed by atoms with Crippen LogP contribution in [0.2, 0.25) is 0 Å². The smallest absolute Gasteiger partial charge is 0.329 e. The van der Waals surface area contributed by atoms with Gasteiger partial charge in [-0.25, -0.2) is 31.6 Å². The predicted molar refractivity (Wildman–Crippen MR) is 312 cm³/mol. The molecule has 436 valence electrons. The monoisotopic (exact) mass is 1160 g/mol.